The maximum atomic E-state index is 12.2. The third-order valence-corrected chi connectivity index (χ3v) is 3.74. The molecule has 2 amide bonds. The smallest absolute Gasteiger partial charge is 0.229 e. The van der Waals surface area contributed by atoms with Crippen LogP contribution in [0.1, 0.15) is 26.2 Å². The van der Waals surface area contributed by atoms with Gasteiger partial charge in [0.2, 0.25) is 11.8 Å². The normalized spacial score (nSPS) is 19.1. The van der Waals surface area contributed by atoms with Gasteiger partial charge in [-0.25, -0.2) is 0 Å². The van der Waals surface area contributed by atoms with Crippen molar-refractivity contribution < 1.29 is 9.59 Å². The highest BCUT2D eigenvalue weighted by molar-refractivity contribution is 5.85. The summed E-state index contributed by atoms with van der Waals surface area (Å²) in [6.45, 7) is 2.67. The minimum absolute atomic E-state index is 0.0416. The van der Waals surface area contributed by atoms with E-state index < -0.39 is 0 Å². The molecule has 1 aliphatic carbocycles. The molecule has 1 fully saturated rings. The van der Waals surface area contributed by atoms with Crippen molar-refractivity contribution in [3.8, 4) is 0 Å². The maximum Gasteiger partial charge on any atom is 0.229 e. The molecule has 1 unspecified atom stereocenters. The number of carbonyl (C=O) groups is 2. The number of amides is 2. The first kappa shape index (κ1) is 14.0. The number of hydrogen-bond acceptors (Lipinski definition) is 3. The van der Waals surface area contributed by atoms with Crippen LogP contribution in [0.3, 0.4) is 0 Å². The molecule has 1 atom stereocenters. The Morgan fingerprint density at radius 2 is 2.06 bits per heavy atom. The van der Waals surface area contributed by atoms with Gasteiger partial charge in [-0.2, -0.15) is 0 Å². The van der Waals surface area contributed by atoms with E-state index in [1.807, 2.05) is 6.92 Å². The number of nitrogens with two attached hydrogens (primary N) is 1. The average molecular weight is 241 g/mol. The van der Waals surface area contributed by atoms with Crippen molar-refractivity contribution in [1.29, 1.82) is 0 Å². The van der Waals surface area contributed by atoms with E-state index in [9.17, 15) is 9.59 Å². The molecule has 0 aromatic rings. The van der Waals surface area contributed by atoms with Gasteiger partial charge in [-0.3, -0.25) is 9.59 Å². The Morgan fingerprint density at radius 1 is 1.47 bits per heavy atom. The van der Waals surface area contributed by atoms with E-state index in [1.54, 1.807) is 19.0 Å². The van der Waals surface area contributed by atoms with Crippen molar-refractivity contribution in [2.75, 3.05) is 27.2 Å². The van der Waals surface area contributed by atoms with Gasteiger partial charge in [-0.05, 0) is 12.8 Å². The largest absolute Gasteiger partial charge is 0.359 e. The van der Waals surface area contributed by atoms with E-state index in [1.165, 1.54) is 0 Å². The number of rotatable bonds is 5. The SMILES string of the molecule is CNC(=O)C(C)CN(C)C(=O)C1(CN)CCC1. The molecule has 98 valence electrons. The van der Waals surface area contributed by atoms with Crippen molar-refractivity contribution in [3.05, 3.63) is 0 Å². The molecule has 0 aliphatic heterocycles. The number of nitrogens with zero attached hydrogens (tertiary/aromatic N) is 1. The summed E-state index contributed by atoms with van der Waals surface area (Å²) in [7, 11) is 3.35. The summed E-state index contributed by atoms with van der Waals surface area (Å²) in [6, 6.07) is 0. The van der Waals surface area contributed by atoms with Crippen molar-refractivity contribution in [2.45, 2.75) is 26.2 Å². The van der Waals surface area contributed by atoms with Gasteiger partial charge in [0.25, 0.3) is 0 Å². The Kier molecular flexibility index (Phi) is 4.51. The summed E-state index contributed by atoms with van der Waals surface area (Å²) in [6.07, 6.45) is 2.82. The van der Waals surface area contributed by atoms with E-state index in [0.29, 0.717) is 13.1 Å². The Bertz CT molecular complexity index is 295. The van der Waals surface area contributed by atoms with Crippen LogP contribution in [0.5, 0.6) is 0 Å². The number of carbonyl (C=O) groups excluding carboxylic acids is 2. The molecule has 1 saturated carbocycles. The Morgan fingerprint density at radius 3 is 2.41 bits per heavy atom. The first-order chi connectivity index (χ1) is 7.96. The number of nitrogens with one attached hydrogen (secondary N) is 1. The predicted octanol–water partition coefficient (Wildman–Crippen LogP) is -0.0441. The van der Waals surface area contributed by atoms with Crippen LogP contribution in [0, 0.1) is 11.3 Å². The highest BCUT2D eigenvalue weighted by Gasteiger charge is 2.44. The average Bonchev–Trinajstić information content (AvgIpc) is 2.26. The van der Waals surface area contributed by atoms with Crippen LogP contribution in [0.15, 0.2) is 0 Å². The van der Waals surface area contributed by atoms with Crippen LogP contribution < -0.4 is 11.1 Å². The summed E-state index contributed by atoms with van der Waals surface area (Å²) >= 11 is 0. The fourth-order valence-electron chi connectivity index (χ4n) is 2.34. The third kappa shape index (κ3) is 2.77. The van der Waals surface area contributed by atoms with Crippen molar-refractivity contribution in [1.82, 2.24) is 10.2 Å². The van der Waals surface area contributed by atoms with Gasteiger partial charge in [0.05, 0.1) is 11.3 Å². The predicted molar refractivity (Wildman–Crippen MR) is 66.2 cm³/mol. The van der Waals surface area contributed by atoms with Crippen LogP contribution in [0.25, 0.3) is 0 Å². The first-order valence-electron chi connectivity index (χ1n) is 6.14. The molecule has 0 saturated heterocycles. The Hall–Kier alpha value is -1.10. The lowest BCUT2D eigenvalue weighted by Gasteiger charge is -2.42. The van der Waals surface area contributed by atoms with Gasteiger partial charge in [0, 0.05) is 27.2 Å². The standard InChI is InChI=1S/C12H23N3O2/c1-9(10(16)14-2)7-15(3)11(17)12(8-13)5-4-6-12/h9H,4-8,13H2,1-3H3,(H,14,16). The van der Waals surface area contributed by atoms with Crippen LogP contribution >= 0.6 is 0 Å². The highest BCUT2D eigenvalue weighted by atomic mass is 16.2. The maximum absolute atomic E-state index is 12.2. The summed E-state index contributed by atoms with van der Waals surface area (Å²) in [5, 5.41) is 2.59. The molecule has 1 rings (SSSR count). The monoisotopic (exact) mass is 241 g/mol. The third-order valence-electron chi connectivity index (χ3n) is 3.74. The quantitative estimate of drug-likeness (QED) is 0.709. The van der Waals surface area contributed by atoms with Gasteiger partial charge < -0.3 is 16.0 Å². The van der Waals surface area contributed by atoms with Crippen LogP contribution in [0.4, 0.5) is 0 Å². The molecule has 0 bridgehead atoms. The molecule has 5 nitrogen and oxygen atoms in total. The molecular weight excluding hydrogens is 218 g/mol. The van der Waals surface area contributed by atoms with Crippen LogP contribution in [0.2, 0.25) is 0 Å². The molecule has 0 heterocycles. The molecule has 0 aromatic heterocycles. The minimum Gasteiger partial charge on any atom is -0.359 e. The van der Waals surface area contributed by atoms with Gasteiger partial charge >= 0.3 is 0 Å². The molecule has 3 N–H and O–H groups in total. The lowest BCUT2D eigenvalue weighted by atomic mass is 9.68. The van der Waals surface area contributed by atoms with E-state index in [2.05, 4.69) is 5.32 Å². The summed E-state index contributed by atoms with van der Waals surface area (Å²) in [4.78, 5) is 25.3. The Balaban J connectivity index is 2.55. The fraction of sp³-hybridized carbons (Fsp3) is 0.833. The second kappa shape index (κ2) is 5.49. The van der Waals surface area contributed by atoms with Gasteiger partial charge in [0.15, 0.2) is 0 Å². The summed E-state index contributed by atoms with van der Waals surface area (Å²) < 4.78 is 0. The highest BCUT2D eigenvalue weighted by Crippen LogP contribution is 2.41. The molecule has 0 spiro atoms. The Labute approximate surface area is 103 Å². The van der Waals surface area contributed by atoms with Crippen molar-refractivity contribution >= 4 is 11.8 Å². The summed E-state index contributed by atoms with van der Waals surface area (Å²) in [5.41, 5.74) is 5.35. The lowest BCUT2D eigenvalue weighted by Crippen LogP contribution is -2.52. The lowest BCUT2D eigenvalue weighted by molar-refractivity contribution is -0.146. The second-order valence-corrected chi connectivity index (χ2v) is 5.04. The van der Waals surface area contributed by atoms with E-state index in [4.69, 9.17) is 5.73 Å². The zero-order chi connectivity index (χ0) is 13.1. The topological polar surface area (TPSA) is 75.4 Å². The first-order valence-corrected chi connectivity index (χ1v) is 6.14. The van der Waals surface area contributed by atoms with Gasteiger partial charge in [0.1, 0.15) is 0 Å². The van der Waals surface area contributed by atoms with Crippen LogP contribution in [-0.4, -0.2) is 43.9 Å². The molecule has 0 aromatic carbocycles. The van der Waals surface area contributed by atoms with Gasteiger partial charge in [-0.15, -0.1) is 0 Å². The number of hydrogen-bond donors (Lipinski definition) is 2. The minimum atomic E-state index is -0.350. The molecule has 1 aliphatic rings. The molecule has 5 heteroatoms. The molecular formula is C12H23N3O2. The van der Waals surface area contributed by atoms with Crippen molar-refractivity contribution in [2.24, 2.45) is 17.1 Å². The van der Waals surface area contributed by atoms with Gasteiger partial charge in [-0.1, -0.05) is 13.3 Å². The fourth-order valence-corrected chi connectivity index (χ4v) is 2.34. The zero-order valence-corrected chi connectivity index (χ0v) is 11.0. The molecule has 17 heavy (non-hydrogen) atoms. The van der Waals surface area contributed by atoms with E-state index >= 15 is 0 Å². The second-order valence-electron chi connectivity index (χ2n) is 5.04. The zero-order valence-electron chi connectivity index (χ0n) is 11.0. The van der Waals surface area contributed by atoms with Crippen LogP contribution in [-0.2, 0) is 9.59 Å². The molecule has 0 radical (unpaired) electrons. The van der Waals surface area contributed by atoms with Crippen molar-refractivity contribution in [3.63, 3.8) is 0 Å². The van der Waals surface area contributed by atoms with E-state index in [-0.39, 0.29) is 23.1 Å². The summed E-state index contributed by atoms with van der Waals surface area (Å²) in [5.74, 6) is -0.147. The van der Waals surface area contributed by atoms with E-state index in [0.717, 1.165) is 19.3 Å².